The summed E-state index contributed by atoms with van der Waals surface area (Å²) in [5.74, 6) is -0.415. The van der Waals surface area contributed by atoms with Crippen LogP contribution < -0.4 is 10.5 Å². The molecule has 2 nitrogen and oxygen atoms in total. The third-order valence-electron chi connectivity index (χ3n) is 2.53. The maximum absolute atomic E-state index is 13.1. The molecule has 0 atom stereocenters. The third kappa shape index (κ3) is 3.48. The highest BCUT2D eigenvalue weighted by molar-refractivity contribution is 7.80. The van der Waals surface area contributed by atoms with Crippen LogP contribution in [0.5, 0.6) is 5.75 Å². The molecule has 0 bridgehead atoms. The monoisotopic (exact) mass is 279 g/mol. The second-order valence-corrected chi connectivity index (χ2v) is 4.35. The average molecular weight is 279 g/mol. The van der Waals surface area contributed by atoms with Gasteiger partial charge in [-0.25, -0.2) is 8.78 Å². The lowest BCUT2D eigenvalue weighted by Crippen LogP contribution is -2.14. The summed E-state index contributed by atoms with van der Waals surface area (Å²) in [5.41, 5.74) is 6.60. The second kappa shape index (κ2) is 5.75. The van der Waals surface area contributed by atoms with Crippen molar-refractivity contribution in [1.82, 2.24) is 0 Å². The van der Waals surface area contributed by atoms with Crippen molar-refractivity contribution in [2.45, 2.75) is 6.61 Å². The number of ether oxygens (including phenoxy) is 1. The van der Waals surface area contributed by atoms with E-state index in [0.717, 1.165) is 0 Å². The summed E-state index contributed by atoms with van der Waals surface area (Å²) in [6, 6.07) is 9.87. The summed E-state index contributed by atoms with van der Waals surface area (Å²) in [6.07, 6.45) is 0. The van der Waals surface area contributed by atoms with Crippen molar-refractivity contribution >= 4 is 17.2 Å². The first kappa shape index (κ1) is 13.4. The Bertz CT molecular complexity index is 616. The summed E-state index contributed by atoms with van der Waals surface area (Å²) < 4.78 is 31.5. The molecule has 5 heteroatoms. The maximum atomic E-state index is 13.1. The van der Waals surface area contributed by atoms with Gasteiger partial charge in [0.2, 0.25) is 0 Å². The van der Waals surface area contributed by atoms with E-state index in [9.17, 15) is 8.78 Å². The van der Waals surface area contributed by atoms with Crippen LogP contribution in [-0.4, -0.2) is 4.99 Å². The fourth-order valence-electron chi connectivity index (χ4n) is 1.62. The van der Waals surface area contributed by atoms with Gasteiger partial charge in [0.25, 0.3) is 0 Å². The van der Waals surface area contributed by atoms with Gasteiger partial charge in [0.15, 0.2) is 0 Å². The van der Waals surface area contributed by atoms with Crippen LogP contribution in [0, 0.1) is 11.6 Å². The van der Waals surface area contributed by atoms with Gasteiger partial charge < -0.3 is 10.5 Å². The molecule has 0 spiro atoms. The summed E-state index contributed by atoms with van der Waals surface area (Å²) in [5, 5.41) is 0. The molecule has 98 valence electrons. The molecule has 2 N–H and O–H groups in total. The molecule has 0 saturated carbocycles. The normalized spacial score (nSPS) is 10.2. The molecule has 0 amide bonds. The van der Waals surface area contributed by atoms with E-state index in [1.807, 2.05) is 0 Å². The average Bonchev–Trinajstić information content (AvgIpc) is 2.37. The summed E-state index contributed by atoms with van der Waals surface area (Å²) in [4.78, 5) is 0.0948. The molecule has 0 unspecified atom stereocenters. The lowest BCUT2D eigenvalue weighted by molar-refractivity contribution is 0.304. The summed E-state index contributed by atoms with van der Waals surface area (Å²) in [7, 11) is 0. The first-order valence-electron chi connectivity index (χ1n) is 5.53. The Kier molecular flexibility index (Phi) is 4.06. The van der Waals surface area contributed by atoms with E-state index < -0.39 is 5.82 Å². The summed E-state index contributed by atoms with van der Waals surface area (Å²) in [6.45, 7) is 0.135. The highest BCUT2D eigenvalue weighted by atomic mass is 32.1. The Hall–Kier alpha value is -2.01. The third-order valence-corrected chi connectivity index (χ3v) is 2.75. The van der Waals surface area contributed by atoms with Crippen molar-refractivity contribution in [1.29, 1.82) is 0 Å². The van der Waals surface area contributed by atoms with Gasteiger partial charge >= 0.3 is 0 Å². The molecular weight excluding hydrogens is 268 g/mol. The number of nitrogens with two attached hydrogens (primary N) is 1. The molecule has 0 radical (unpaired) electrons. The fraction of sp³-hybridized carbons (Fsp3) is 0.0714. The van der Waals surface area contributed by atoms with Crippen LogP contribution in [0.15, 0.2) is 42.5 Å². The largest absolute Gasteiger partial charge is 0.489 e. The topological polar surface area (TPSA) is 35.2 Å². The smallest absolute Gasteiger partial charge is 0.126 e. The van der Waals surface area contributed by atoms with E-state index in [1.165, 1.54) is 24.3 Å². The molecule has 2 aromatic carbocycles. The first-order chi connectivity index (χ1) is 9.06. The van der Waals surface area contributed by atoms with Gasteiger partial charge in [-0.1, -0.05) is 24.4 Å². The van der Waals surface area contributed by atoms with Crippen molar-refractivity contribution in [2.24, 2.45) is 5.73 Å². The zero-order valence-electron chi connectivity index (χ0n) is 9.90. The Labute approximate surface area is 114 Å². The highest BCUT2D eigenvalue weighted by Gasteiger charge is 2.08. The van der Waals surface area contributed by atoms with Gasteiger partial charge in [0.05, 0.1) is 0 Å². The Balaban J connectivity index is 2.17. The van der Waals surface area contributed by atoms with Gasteiger partial charge in [-0.05, 0) is 29.8 Å². The minimum Gasteiger partial charge on any atom is -0.489 e. The molecule has 19 heavy (non-hydrogen) atoms. The molecule has 0 heterocycles. The predicted molar refractivity (Wildman–Crippen MR) is 73.0 cm³/mol. The Morgan fingerprint density at radius 3 is 2.53 bits per heavy atom. The Morgan fingerprint density at radius 1 is 1.11 bits per heavy atom. The minimum absolute atomic E-state index is 0.0948. The van der Waals surface area contributed by atoms with E-state index in [0.29, 0.717) is 16.9 Å². The second-order valence-electron chi connectivity index (χ2n) is 3.91. The zero-order valence-corrected chi connectivity index (χ0v) is 10.7. The van der Waals surface area contributed by atoms with Crippen molar-refractivity contribution in [2.75, 3.05) is 0 Å². The Morgan fingerprint density at radius 2 is 1.84 bits per heavy atom. The van der Waals surface area contributed by atoms with Crippen molar-refractivity contribution in [3.05, 3.63) is 65.2 Å². The number of hydrogen-bond acceptors (Lipinski definition) is 2. The molecule has 2 rings (SSSR count). The highest BCUT2D eigenvalue weighted by Crippen LogP contribution is 2.17. The minimum atomic E-state index is -0.419. The number of benzene rings is 2. The van der Waals surface area contributed by atoms with Gasteiger partial charge in [-0.3, -0.25) is 0 Å². The first-order valence-corrected chi connectivity index (χ1v) is 5.93. The van der Waals surface area contributed by atoms with Crippen LogP contribution in [0.25, 0.3) is 0 Å². The van der Waals surface area contributed by atoms with Crippen LogP contribution in [0.1, 0.15) is 11.1 Å². The van der Waals surface area contributed by atoms with Crippen LogP contribution >= 0.6 is 12.2 Å². The van der Waals surface area contributed by atoms with Crippen molar-refractivity contribution in [3.8, 4) is 5.75 Å². The van der Waals surface area contributed by atoms with E-state index >= 15 is 0 Å². The number of thiocarbonyl (C=S) groups is 1. The quantitative estimate of drug-likeness (QED) is 0.873. The van der Waals surface area contributed by atoms with Gasteiger partial charge in [0, 0.05) is 11.6 Å². The SMILES string of the molecule is NC(=S)c1cc(F)ccc1COc1cccc(F)c1. The van der Waals surface area contributed by atoms with Crippen LogP contribution in [0.4, 0.5) is 8.78 Å². The lowest BCUT2D eigenvalue weighted by atomic mass is 10.1. The van der Waals surface area contributed by atoms with Crippen molar-refractivity contribution in [3.63, 3.8) is 0 Å². The van der Waals surface area contributed by atoms with Crippen LogP contribution in [-0.2, 0) is 6.61 Å². The molecule has 0 saturated heterocycles. The molecule has 0 aromatic heterocycles. The predicted octanol–water partition coefficient (Wildman–Crippen LogP) is 3.18. The molecule has 0 fully saturated rings. The van der Waals surface area contributed by atoms with Gasteiger partial charge in [-0.15, -0.1) is 0 Å². The summed E-state index contributed by atoms with van der Waals surface area (Å²) >= 11 is 4.86. The van der Waals surface area contributed by atoms with E-state index in [2.05, 4.69) is 0 Å². The molecule has 0 aliphatic rings. The number of hydrogen-bond donors (Lipinski definition) is 1. The molecule has 0 aliphatic carbocycles. The molecular formula is C14H11F2NOS. The van der Waals surface area contributed by atoms with Gasteiger partial charge in [0.1, 0.15) is 29.0 Å². The van der Waals surface area contributed by atoms with Gasteiger partial charge in [-0.2, -0.15) is 0 Å². The van der Waals surface area contributed by atoms with Crippen molar-refractivity contribution < 1.29 is 13.5 Å². The molecule has 2 aromatic rings. The van der Waals surface area contributed by atoms with E-state index in [1.54, 1.807) is 18.2 Å². The maximum Gasteiger partial charge on any atom is 0.126 e. The number of halogens is 2. The van der Waals surface area contributed by atoms with Crippen LogP contribution in [0.2, 0.25) is 0 Å². The van der Waals surface area contributed by atoms with E-state index in [-0.39, 0.29) is 17.4 Å². The standard InChI is InChI=1S/C14H11F2NOS/c15-10-2-1-3-12(6-10)18-8-9-4-5-11(16)7-13(9)14(17)19/h1-7H,8H2,(H2,17,19). The fourth-order valence-corrected chi connectivity index (χ4v) is 1.81. The zero-order chi connectivity index (χ0) is 13.8. The van der Waals surface area contributed by atoms with E-state index in [4.69, 9.17) is 22.7 Å². The lowest BCUT2D eigenvalue weighted by Gasteiger charge is -2.10. The van der Waals surface area contributed by atoms with Crippen LogP contribution in [0.3, 0.4) is 0 Å². The molecule has 0 aliphatic heterocycles. The number of rotatable bonds is 4.